The standard InChI is InChI=1S/C13H18BrFN2O3/c1-8(13(18)17-4-3-5-19-2)20-12-7-10(15)9(14)6-11(12)16/h6-8H,3-5,16H2,1-2H3,(H,17,18). The molecular formula is C13H18BrFN2O3. The summed E-state index contributed by atoms with van der Waals surface area (Å²) in [4.78, 5) is 11.8. The Bertz CT molecular complexity index is 471. The number of carbonyl (C=O) groups is 1. The van der Waals surface area contributed by atoms with Gasteiger partial charge in [-0.3, -0.25) is 4.79 Å². The molecular weight excluding hydrogens is 331 g/mol. The summed E-state index contributed by atoms with van der Waals surface area (Å²) in [7, 11) is 1.60. The first kappa shape index (κ1) is 16.7. The summed E-state index contributed by atoms with van der Waals surface area (Å²) in [5.74, 6) is -0.643. The van der Waals surface area contributed by atoms with Gasteiger partial charge in [0.05, 0.1) is 10.2 Å². The highest BCUT2D eigenvalue weighted by Gasteiger charge is 2.16. The fourth-order valence-corrected chi connectivity index (χ4v) is 1.82. The third kappa shape index (κ3) is 4.97. The van der Waals surface area contributed by atoms with Crippen LogP contribution in [0.2, 0.25) is 0 Å². The number of hydrogen-bond acceptors (Lipinski definition) is 4. The normalized spacial score (nSPS) is 12.0. The minimum atomic E-state index is -0.763. The molecule has 1 rings (SSSR count). The first-order valence-corrected chi connectivity index (χ1v) is 6.92. The van der Waals surface area contributed by atoms with Crippen LogP contribution in [0.4, 0.5) is 10.1 Å². The molecule has 5 nitrogen and oxygen atoms in total. The highest BCUT2D eigenvalue weighted by atomic mass is 79.9. The Hall–Kier alpha value is -1.34. The maximum Gasteiger partial charge on any atom is 0.260 e. The van der Waals surface area contributed by atoms with Crippen LogP contribution >= 0.6 is 15.9 Å². The number of hydrogen-bond donors (Lipinski definition) is 2. The van der Waals surface area contributed by atoms with Gasteiger partial charge in [0.15, 0.2) is 6.10 Å². The number of halogens is 2. The molecule has 0 radical (unpaired) electrons. The van der Waals surface area contributed by atoms with Crippen molar-refractivity contribution in [2.24, 2.45) is 0 Å². The van der Waals surface area contributed by atoms with Crippen molar-refractivity contribution in [3.05, 3.63) is 22.4 Å². The van der Waals surface area contributed by atoms with E-state index in [1.807, 2.05) is 0 Å². The van der Waals surface area contributed by atoms with E-state index in [-0.39, 0.29) is 21.8 Å². The molecule has 0 aliphatic rings. The van der Waals surface area contributed by atoms with Crippen molar-refractivity contribution in [1.82, 2.24) is 5.32 Å². The van der Waals surface area contributed by atoms with E-state index in [2.05, 4.69) is 21.2 Å². The van der Waals surface area contributed by atoms with Crippen LogP contribution in [0, 0.1) is 5.82 Å². The molecule has 0 heterocycles. The lowest BCUT2D eigenvalue weighted by Gasteiger charge is -2.16. The van der Waals surface area contributed by atoms with Crippen molar-refractivity contribution in [1.29, 1.82) is 0 Å². The van der Waals surface area contributed by atoms with E-state index in [9.17, 15) is 9.18 Å². The van der Waals surface area contributed by atoms with Gasteiger partial charge in [0.2, 0.25) is 0 Å². The summed E-state index contributed by atoms with van der Waals surface area (Å²) < 4.78 is 23.9. The average Bonchev–Trinajstić information content (AvgIpc) is 2.40. The van der Waals surface area contributed by atoms with Crippen molar-refractivity contribution in [3.8, 4) is 5.75 Å². The summed E-state index contributed by atoms with van der Waals surface area (Å²) >= 11 is 3.02. The number of ether oxygens (including phenoxy) is 2. The van der Waals surface area contributed by atoms with Gasteiger partial charge in [0.25, 0.3) is 5.91 Å². The lowest BCUT2D eigenvalue weighted by molar-refractivity contribution is -0.127. The van der Waals surface area contributed by atoms with E-state index in [4.69, 9.17) is 15.2 Å². The molecule has 20 heavy (non-hydrogen) atoms. The zero-order valence-corrected chi connectivity index (χ0v) is 13.0. The Morgan fingerprint density at radius 1 is 1.55 bits per heavy atom. The first-order chi connectivity index (χ1) is 9.45. The van der Waals surface area contributed by atoms with Gasteiger partial charge in [-0.15, -0.1) is 0 Å². The van der Waals surface area contributed by atoms with Crippen LogP contribution in [0.25, 0.3) is 0 Å². The number of carbonyl (C=O) groups excluding carboxylic acids is 1. The lowest BCUT2D eigenvalue weighted by atomic mass is 10.3. The second-order valence-corrected chi connectivity index (χ2v) is 5.06. The quantitative estimate of drug-likeness (QED) is 0.584. The third-order valence-corrected chi connectivity index (χ3v) is 3.16. The summed E-state index contributed by atoms with van der Waals surface area (Å²) in [6.45, 7) is 2.63. The summed E-state index contributed by atoms with van der Waals surface area (Å²) in [6.07, 6.45) is -0.0512. The Labute approximate surface area is 125 Å². The van der Waals surface area contributed by atoms with Crippen molar-refractivity contribution in [2.45, 2.75) is 19.4 Å². The Balaban J connectivity index is 2.55. The number of methoxy groups -OCH3 is 1. The summed E-state index contributed by atoms with van der Waals surface area (Å²) in [6, 6.07) is 2.54. The highest BCUT2D eigenvalue weighted by Crippen LogP contribution is 2.29. The lowest BCUT2D eigenvalue weighted by Crippen LogP contribution is -2.37. The van der Waals surface area contributed by atoms with Crippen molar-refractivity contribution in [3.63, 3.8) is 0 Å². The third-order valence-electron chi connectivity index (χ3n) is 2.55. The van der Waals surface area contributed by atoms with Gasteiger partial charge in [-0.25, -0.2) is 4.39 Å². The molecule has 112 valence electrons. The molecule has 1 amide bonds. The van der Waals surface area contributed by atoms with Crippen molar-refractivity contribution in [2.75, 3.05) is 26.0 Å². The second kappa shape index (κ2) is 8.06. The molecule has 0 aromatic heterocycles. The molecule has 0 spiro atoms. The summed E-state index contributed by atoms with van der Waals surface area (Å²) in [5, 5.41) is 2.70. The van der Waals surface area contributed by atoms with E-state index in [1.54, 1.807) is 14.0 Å². The predicted molar refractivity (Wildman–Crippen MR) is 78.1 cm³/mol. The monoisotopic (exact) mass is 348 g/mol. The number of rotatable bonds is 7. The summed E-state index contributed by atoms with van der Waals surface area (Å²) in [5.41, 5.74) is 5.97. The minimum absolute atomic E-state index is 0.144. The zero-order chi connectivity index (χ0) is 15.1. The number of nitrogens with two attached hydrogens (primary N) is 1. The molecule has 0 saturated heterocycles. The molecule has 0 fully saturated rings. The molecule has 3 N–H and O–H groups in total. The molecule has 1 aromatic rings. The molecule has 1 aromatic carbocycles. The maximum absolute atomic E-state index is 13.4. The van der Waals surface area contributed by atoms with E-state index >= 15 is 0 Å². The van der Waals surface area contributed by atoms with Crippen LogP contribution in [-0.4, -0.2) is 32.3 Å². The number of anilines is 1. The van der Waals surface area contributed by atoms with Crippen LogP contribution in [0.3, 0.4) is 0 Å². The van der Waals surface area contributed by atoms with Crippen LogP contribution in [0.5, 0.6) is 5.75 Å². The number of nitrogen functional groups attached to an aromatic ring is 1. The van der Waals surface area contributed by atoms with Gasteiger partial charge in [-0.05, 0) is 35.3 Å². The molecule has 0 aliphatic carbocycles. The maximum atomic E-state index is 13.4. The zero-order valence-electron chi connectivity index (χ0n) is 11.4. The van der Waals surface area contributed by atoms with E-state index in [0.29, 0.717) is 19.6 Å². The van der Waals surface area contributed by atoms with Crippen LogP contribution < -0.4 is 15.8 Å². The largest absolute Gasteiger partial charge is 0.479 e. The minimum Gasteiger partial charge on any atom is -0.479 e. The molecule has 0 bridgehead atoms. The SMILES string of the molecule is COCCCNC(=O)C(C)Oc1cc(F)c(Br)cc1N. The van der Waals surface area contributed by atoms with Gasteiger partial charge in [0, 0.05) is 26.3 Å². The Kier molecular flexibility index (Phi) is 6.74. The van der Waals surface area contributed by atoms with E-state index in [1.165, 1.54) is 6.07 Å². The average molecular weight is 349 g/mol. The van der Waals surface area contributed by atoms with Crippen molar-refractivity contribution >= 4 is 27.5 Å². The van der Waals surface area contributed by atoms with Crippen LogP contribution in [0.1, 0.15) is 13.3 Å². The molecule has 1 unspecified atom stereocenters. The smallest absolute Gasteiger partial charge is 0.260 e. The molecule has 0 saturated carbocycles. The van der Waals surface area contributed by atoms with Crippen LogP contribution in [-0.2, 0) is 9.53 Å². The predicted octanol–water partition coefficient (Wildman–Crippen LogP) is 2.09. The van der Waals surface area contributed by atoms with Gasteiger partial charge < -0.3 is 20.5 Å². The fourth-order valence-electron chi connectivity index (χ4n) is 1.46. The Morgan fingerprint density at radius 2 is 2.25 bits per heavy atom. The second-order valence-electron chi connectivity index (χ2n) is 4.20. The van der Waals surface area contributed by atoms with E-state index in [0.717, 1.165) is 6.07 Å². The molecule has 1 atom stereocenters. The van der Waals surface area contributed by atoms with Gasteiger partial charge in [-0.1, -0.05) is 0 Å². The fraction of sp³-hybridized carbons (Fsp3) is 0.462. The van der Waals surface area contributed by atoms with Gasteiger partial charge >= 0.3 is 0 Å². The number of nitrogens with one attached hydrogen (secondary N) is 1. The number of amides is 1. The van der Waals surface area contributed by atoms with Crippen molar-refractivity contribution < 1.29 is 18.7 Å². The van der Waals surface area contributed by atoms with Gasteiger partial charge in [0.1, 0.15) is 11.6 Å². The van der Waals surface area contributed by atoms with Gasteiger partial charge in [-0.2, -0.15) is 0 Å². The number of benzene rings is 1. The van der Waals surface area contributed by atoms with Crippen LogP contribution in [0.15, 0.2) is 16.6 Å². The highest BCUT2D eigenvalue weighted by molar-refractivity contribution is 9.10. The first-order valence-electron chi connectivity index (χ1n) is 6.13. The molecule has 7 heteroatoms. The van der Waals surface area contributed by atoms with E-state index < -0.39 is 11.9 Å². The Morgan fingerprint density at radius 3 is 2.90 bits per heavy atom. The topological polar surface area (TPSA) is 73.6 Å². The molecule has 0 aliphatic heterocycles.